The molecule has 0 saturated carbocycles. The van der Waals surface area contributed by atoms with Gasteiger partial charge in [-0.15, -0.1) is 0 Å². The number of hydrogen-bond donors (Lipinski definition) is 3. The number of carbonyl (C=O) groups excluding carboxylic acids is 1. The van der Waals surface area contributed by atoms with E-state index in [1.54, 1.807) is 0 Å². The molecule has 0 saturated heterocycles. The van der Waals surface area contributed by atoms with E-state index in [0.29, 0.717) is 23.9 Å². The Labute approximate surface area is 361 Å². The van der Waals surface area contributed by atoms with E-state index < -0.39 is 20.0 Å². The molecule has 3 N–H and O–H groups in total. The number of carbonyl (C=O) groups is 1. The van der Waals surface area contributed by atoms with E-state index in [9.17, 15) is 19.4 Å². The molecule has 1 amide bonds. The Bertz CT molecular complexity index is 916. The predicted octanol–water partition coefficient (Wildman–Crippen LogP) is 14.5. The number of unbranched alkanes of at least 4 members (excludes halogenated alkanes) is 34. The number of likely N-dealkylation sites (N-methyl/N-ethyl adjacent to an activating group) is 1. The third-order valence-electron chi connectivity index (χ3n) is 11.9. The third-order valence-corrected chi connectivity index (χ3v) is 12.8. The molecule has 0 radical (unpaired) electrons. The Balaban J connectivity index is 4.03. The largest absolute Gasteiger partial charge is 0.472 e. The maximum Gasteiger partial charge on any atom is 0.472 e. The van der Waals surface area contributed by atoms with E-state index in [-0.39, 0.29) is 19.1 Å². The first-order valence-electron chi connectivity index (χ1n) is 25.4. The molecule has 0 aliphatic carbocycles. The number of quaternary nitrogens is 1. The average Bonchev–Trinajstić information content (AvgIpc) is 3.17. The van der Waals surface area contributed by atoms with Gasteiger partial charge in [-0.25, -0.2) is 4.57 Å². The fourth-order valence-corrected chi connectivity index (χ4v) is 8.55. The maximum absolute atomic E-state index is 12.9. The van der Waals surface area contributed by atoms with Crippen LogP contribution in [0.15, 0.2) is 0 Å². The number of aliphatic hydroxyl groups excluding tert-OH is 1. The van der Waals surface area contributed by atoms with Crippen LogP contribution < -0.4 is 5.32 Å². The van der Waals surface area contributed by atoms with Gasteiger partial charge in [0.05, 0.1) is 39.9 Å². The Morgan fingerprint density at radius 1 is 0.517 bits per heavy atom. The lowest BCUT2D eigenvalue weighted by Gasteiger charge is -2.26. The summed E-state index contributed by atoms with van der Waals surface area (Å²) in [5.41, 5.74) is 0. The molecule has 0 aromatic heterocycles. The summed E-state index contributed by atoms with van der Waals surface area (Å²) in [5.74, 6) is -0.140. The molecule has 8 nitrogen and oxygen atoms in total. The van der Waals surface area contributed by atoms with E-state index in [4.69, 9.17) is 9.05 Å². The van der Waals surface area contributed by atoms with Crippen LogP contribution in [0.1, 0.15) is 258 Å². The fourth-order valence-electron chi connectivity index (χ4n) is 7.81. The van der Waals surface area contributed by atoms with Crippen molar-refractivity contribution in [3.63, 3.8) is 0 Å². The van der Waals surface area contributed by atoms with Crippen molar-refractivity contribution in [3.05, 3.63) is 0 Å². The van der Waals surface area contributed by atoms with Crippen LogP contribution in [0.5, 0.6) is 0 Å². The molecule has 58 heavy (non-hydrogen) atoms. The number of nitrogens with zero attached hydrogens (tertiary/aromatic N) is 1. The monoisotopic (exact) mass is 846 g/mol. The van der Waals surface area contributed by atoms with Gasteiger partial charge in [-0.3, -0.25) is 13.8 Å². The van der Waals surface area contributed by atoms with Gasteiger partial charge in [-0.05, 0) is 12.8 Å². The highest BCUT2D eigenvalue weighted by atomic mass is 31.2. The van der Waals surface area contributed by atoms with E-state index in [1.807, 2.05) is 21.1 Å². The Morgan fingerprint density at radius 2 is 0.828 bits per heavy atom. The van der Waals surface area contributed by atoms with Crippen LogP contribution >= 0.6 is 7.82 Å². The summed E-state index contributed by atoms with van der Waals surface area (Å²) in [6.45, 7) is 4.90. The lowest BCUT2D eigenvalue weighted by Crippen LogP contribution is -2.46. The molecule has 348 valence electrons. The van der Waals surface area contributed by atoms with E-state index in [0.717, 1.165) is 38.5 Å². The Kier molecular flexibility index (Phi) is 41.5. The average molecular weight is 846 g/mol. The summed E-state index contributed by atoms with van der Waals surface area (Å²) in [5, 5.41) is 13.9. The highest BCUT2D eigenvalue weighted by molar-refractivity contribution is 7.47. The Hall–Kier alpha value is -0.500. The fraction of sp³-hybridized carbons (Fsp3) is 0.980. The van der Waals surface area contributed by atoms with Crippen molar-refractivity contribution in [3.8, 4) is 0 Å². The van der Waals surface area contributed by atoms with Crippen LogP contribution in [0.25, 0.3) is 0 Å². The molecular weight excluding hydrogens is 744 g/mol. The first kappa shape index (κ1) is 57.5. The van der Waals surface area contributed by atoms with Crippen LogP contribution in [0.4, 0.5) is 0 Å². The zero-order chi connectivity index (χ0) is 42.8. The van der Waals surface area contributed by atoms with Gasteiger partial charge in [-0.2, -0.15) is 0 Å². The number of phosphoric ester groups is 1. The molecule has 3 atom stereocenters. The standard InChI is InChI=1S/C49H101N2O6P/c1-6-8-10-12-14-16-18-19-20-21-22-23-24-25-26-27-28-29-30-31-32-33-35-37-39-41-43-49(53)50-47(46-57-58(54,55)56-45-44-51(3,4)5)48(52)42-40-38-36-34-17-15-13-11-9-7-2/h47-48,52H,6-46H2,1-5H3,(H-,50,53,54,55)/p+1/t47-,48+/m0/s1. The highest BCUT2D eigenvalue weighted by Gasteiger charge is 2.28. The van der Waals surface area contributed by atoms with Crippen molar-refractivity contribution in [2.45, 2.75) is 270 Å². The molecule has 0 spiro atoms. The maximum atomic E-state index is 12.9. The smallest absolute Gasteiger partial charge is 0.391 e. The number of nitrogens with one attached hydrogen (secondary N) is 1. The first-order chi connectivity index (χ1) is 28.0. The van der Waals surface area contributed by atoms with Gasteiger partial charge in [0.1, 0.15) is 13.2 Å². The van der Waals surface area contributed by atoms with Crippen molar-refractivity contribution in [2.75, 3.05) is 40.9 Å². The molecule has 0 bridgehead atoms. The third kappa shape index (κ3) is 43.6. The van der Waals surface area contributed by atoms with Gasteiger partial charge < -0.3 is 19.8 Å². The van der Waals surface area contributed by atoms with Crippen molar-refractivity contribution in [1.29, 1.82) is 0 Å². The number of aliphatic hydroxyl groups is 1. The zero-order valence-electron chi connectivity index (χ0n) is 39.6. The quantitative estimate of drug-likeness (QED) is 0.0320. The molecule has 0 aromatic rings. The van der Waals surface area contributed by atoms with Gasteiger partial charge in [-0.1, -0.05) is 239 Å². The molecule has 0 heterocycles. The van der Waals surface area contributed by atoms with Gasteiger partial charge in [0, 0.05) is 6.42 Å². The summed E-state index contributed by atoms with van der Waals surface area (Å²) >= 11 is 0. The lowest BCUT2D eigenvalue weighted by atomic mass is 10.0. The number of rotatable bonds is 47. The van der Waals surface area contributed by atoms with Crippen LogP contribution in [0.2, 0.25) is 0 Å². The highest BCUT2D eigenvalue weighted by Crippen LogP contribution is 2.43. The molecule has 0 fully saturated rings. The normalized spacial score (nSPS) is 14.1. The summed E-state index contributed by atoms with van der Waals surface area (Å²) in [6, 6.07) is -0.752. The van der Waals surface area contributed by atoms with E-state index in [1.165, 1.54) is 193 Å². The van der Waals surface area contributed by atoms with Crippen LogP contribution in [0, 0.1) is 0 Å². The summed E-state index contributed by atoms with van der Waals surface area (Å²) < 4.78 is 23.6. The summed E-state index contributed by atoms with van der Waals surface area (Å²) in [7, 11) is 1.63. The SMILES string of the molecule is CCCCCCCCCCCCCCCCCCCCCCCCCCCCC(=O)N[C@@H](COP(=O)(O)OCC[N+](C)(C)C)[C@H](O)CCCCCCCCCCCC. The molecular formula is C49H102N2O6P+. The van der Waals surface area contributed by atoms with Crippen LogP contribution in [-0.4, -0.2) is 73.4 Å². The van der Waals surface area contributed by atoms with Crippen molar-refractivity contribution < 1.29 is 32.9 Å². The molecule has 0 rings (SSSR count). The minimum absolute atomic E-state index is 0.0784. The van der Waals surface area contributed by atoms with Crippen molar-refractivity contribution in [2.24, 2.45) is 0 Å². The number of amides is 1. The molecule has 9 heteroatoms. The second kappa shape index (κ2) is 41.8. The lowest BCUT2D eigenvalue weighted by molar-refractivity contribution is -0.870. The molecule has 1 unspecified atom stereocenters. The van der Waals surface area contributed by atoms with Crippen LogP contribution in [-0.2, 0) is 18.4 Å². The molecule has 0 aliphatic heterocycles. The minimum atomic E-state index is -4.31. The number of phosphoric acid groups is 1. The Morgan fingerprint density at radius 3 is 1.16 bits per heavy atom. The van der Waals surface area contributed by atoms with Gasteiger partial charge in [0.15, 0.2) is 0 Å². The summed E-state index contributed by atoms with van der Waals surface area (Å²) in [4.78, 5) is 23.2. The van der Waals surface area contributed by atoms with Crippen LogP contribution in [0.3, 0.4) is 0 Å². The van der Waals surface area contributed by atoms with Gasteiger partial charge in [0.25, 0.3) is 0 Å². The van der Waals surface area contributed by atoms with Crippen molar-refractivity contribution >= 4 is 13.7 Å². The second-order valence-electron chi connectivity index (χ2n) is 18.9. The van der Waals surface area contributed by atoms with E-state index >= 15 is 0 Å². The predicted molar refractivity (Wildman–Crippen MR) is 249 cm³/mol. The van der Waals surface area contributed by atoms with E-state index in [2.05, 4.69) is 19.2 Å². The van der Waals surface area contributed by atoms with Gasteiger partial charge >= 0.3 is 7.82 Å². The molecule has 0 aromatic carbocycles. The van der Waals surface area contributed by atoms with Crippen molar-refractivity contribution in [1.82, 2.24) is 5.32 Å². The first-order valence-corrected chi connectivity index (χ1v) is 26.9. The number of hydrogen-bond acceptors (Lipinski definition) is 5. The molecule has 0 aliphatic rings. The summed E-state index contributed by atoms with van der Waals surface area (Å²) in [6.07, 6.45) is 47.3. The zero-order valence-corrected chi connectivity index (χ0v) is 40.5. The topological polar surface area (TPSA) is 105 Å². The minimum Gasteiger partial charge on any atom is -0.391 e. The second-order valence-corrected chi connectivity index (χ2v) is 20.4. The van der Waals surface area contributed by atoms with Gasteiger partial charge in [0.2, 0.25) is 5.91 Å².